The molecule has 1 aromatic heterocycles. The number of nitrogens with one attached hydrogen (secondary N) is 2. The van der Waals surface area contributed by atoms with E-state index in [0.717, 1.165) is 25.1 Å². The van der Waals surface area contributed by atoms with E-state index in [1.165, 1.54) is 34.3 Å². The molecule has 0 bridgehead atoms. The van der Waals surface area contributed by atoms with Crippen molar-refractivity contribution in [1.29, 1.82) is 0 Å². The molecule has 2 N–H and O–H groups in total. The van der Waals surface area contributed by atoms with Gasteiger partial charge in [0.2, 0.25) is 0 Å². The molecular weight excluding hydrogens is 413 g/mol. The fourth-order valence-electron chi connectivity index (χ4n) is 3.76. The van der Waals surface area contributed by atoms with Gasteiger partial charge in [0.25, 0.3) is 0 Å². The van der Waals surface area contributed by atoms with Crippen LogP contribution in [0, 0.1) is 5.82 Å². The Balaban J connectivity index is 1.63. The Morgan fingerprint density at radius 3 is 2.92 bits per heavy atom. The zero-order valence-corrected chi connectivity index (χ0v) is 16.8. The van der Waals surface area contributed by atoms with Crippen molar-refractivity contribution in [2.75, 3.05) is 11.9 Å². The van der Waals surface area contributed by atoms with E-state index in [2.05, 4.69) is 62.3 Å². The minimum Gasteiger partial charge on any atom is -0.356 e. The summed E-state index contributed by atoms with van der Waals surface area (Å²) in [6.45, 7) is 3.03. The highest BCUT2D eigenvalue weighted by Crippen LogP contribution is 2.36. The number of aromatic nitrogens is 1. The minimum absolute atomic E-state index is 0.199. The van der Waals surface area contributed by atoms with E-state index >= 15 is 0 Å². The van der Waals surface area contributed by atoms with Gasteiger partial charge in [0.1, 0.15) is 5.82 Å². The molecule has 0 aliphatic carbocycles. The van der Waals surface area contributed by atoms with Crippen molar-refractivity contribution in [3.63, 3.8) is 0 Å². The smallest absolute Gasteiger partial charge is 0.174 e. The molecule has 26 heavy (non-hydrogen) atoms. The van der Waals surface area contributed by atoms with Gasteiger partial charge in [0.15, 0.2) is 5.11 Å². The van der Waals surface area contributed by atoms with Gasteiger partial charge in [-0.05, 0) is 70.8 Å². The Hall–Kier alpha value is -1.92. The van der Waals surface area contributed by atoms with Crippen LogP contribution < -0.4 is 5.32 Å². The first-order valence-electron chi connectivity index (χ1n) is 8.70. The first-order chi connectivity index (χ1) is 12.6. The average molecular weight is 432 g/mol. The third-order valence-electron chi connectivity index (χ3n) is 4.98. The molecule has 134 valence electrons. The number of benzene rings is 2. The molecule has 1 aliphatic rings. The largest absolute Gasteiger partial charge is 0.356 e. The van der Waals surface area contributed by atoms with Crippen LogP contribution >= 0.6 is 28.1 Å². The van der Waals surface area contributed by atoms with Crippen molar-refractivity contribution in [2.45, 2.75) is 25.8 Å². The summed E-state index contributed by atoms with van der Waals surface area (Å²) < 4.78 is 14.0. The highest BCUT2D eigenvalue weighted by atomic mass is 79.9. The molecule has 2 aromatic carbocycles. The second kappa shape index (κ2) is 7.00. The summed E-state index contributed by atoms with van der Waals surface area (Å²) in [7, 11) is 0. The fourth-order valence-corrected chi connectivity index (χ4v) is 4.54. The van der Waals surface area contributed by atoms with Crippen molar-refractivity contribution in [2.24, 2.45) is 0 Å². The summed E-state index contributed by atoms with van der Waals surface area (Å²) in [6, 6.07) is 13.2. The van der Waals surface area contributed by atoms with E-state index in [0.29, 0.717) is 9.59 Å². The fraction of sp³-hybridized carbons (Fsp3) is 0.250. The van der Waals surface area contributed by atoms with Crippen molar-refractivity contribution in [3.05, 3.63) is 64.0 Å². The molecule has 0 amide bonds. The van der Waals surface area contributed by atoms with Gasteiger partial charge in [-0.3, -0.25) is 0 Å². The van der Waals surface area contributed by atoms with Gasteiger partial charge < -0.3 is 15.2 Å². The Labute approximate surface area is 165 Å². The Bertz CT molecular complexity index is 984. The van der Waals surface area contributed by atoms with Crippen molar-refractivity contribution in [3.8, 4) is 0 Å². The third-order valence-corrected chi connectivity index (χ3v) is 5.97. The summed E-state index contributed by atoms with van der Waals surface area (Å²) in [4.78, 5) is 5.82. The Morgan fingerprint density at radius 1 is 1.35 bits per heavy atom. The summed E-state index contributed by atoms with van der Waals surface area (Å²) >= 11 is 9.08. The van der Waals surface area contributed by atoms with Crippen LogP contribution in [0.25, 0.3) is 10.9 Å². The van der Waals surface area contributed by atoms with Crippen molar-refractivity contribution < 1.29 is 4.39 Å². The van der Waals surface area contributed by atoms with Crippen LogP contribution in [0.1, 0.15) is 30.6 Å². The van der Waals surface area contributed by atoms with Crippen LogP contribution in [0.4, 0.5) is 10.1 Å². The highest BCUT2D eigenvalue weighted by molar-refractivity contribution is 9.10. The number of hydrogen-bond donors (Lipinski definition) is 2. The average Bonchev–Trinajstić information content (AvgIpc) is 3.01. The van der Waals surface area contributed by atoms with Crippen LogP contribution in [0.5, 0.6) is 0 Å². The number of halogens is 2. The molecule has 0 spiro atoms. The van der Waals surface area contributed by atoms with Crippen LogP contribution in [0.2, 0.25) is 0 Å². The lowest BCUT2D eigenvalue weighted by Gasteiger charge is -2.37. The normalized spacial score (nSPS) is 16.6. The second-order valence-corrected chi connectivity index (χ2v) is 7.73. The van der Waals surface area contributed by atoms with Crippen LogP contribution in [-0.2, 0) is 6.42 Å². The van der Waals surface area contributed by atoms with Gasteiger partial charge in [-0.1, -0.05) is 25.1 Å². The number of H-pyrrole nitrogens is 1. The van der Waals surface area contributed by atoms with Crippen LogP contribution in [0.15, 0.2) is 46.9 Å². The molecule has 1 atom stereocenters. The first-order valence-corrected chi connectivity index (χ1v) is 9.90. The van der Waals surface area contributed by atoms with E-state index in [4.69, 9.17) is 12.2 Å². The van der Waals surface area contributed by atoms with E-state index in [1.54, 1.807) is 6.07 Å². The number of hydrogen-bond acceptors (Lipinski definition) is 1. The number of rotatable bonds is 2. The topological polar surface area (TPSA) is 31.1 Å². The summed E-state index contributed by atoms with van der Waals surface area (Å²) in [5, 5.41) is 5.23. The molecule has 2 heterocycles. The maximum absolute atomic E-state index is 13.3. The second-order valence-electron chi connectivity index (χ2n) is 6.48. The van der Waals surface area contributed by atoms with Crippen LogP contribution in [-0.4, -0.2) is 21.5 Å². The first kappa shape index (κ1) is 17.5. The molecule has 6 heteroatoms. The lowest BCUT2D eigenvalue weighted by Crippen LogP contribution is -2.42. The SMILES string of the molecule is CCC1c2[nH]c3ccccc3c2CCN1C(=S)Nc1ccc(F)cc1Br. The zero-order valence-electron chi connectivity index (χ0n) is 14.4. The lowest BCUT2D eigenvalue weighted by atomic mass is 9.96. The molecule has 0 saturated heterocycles. The predicted octanol–water partition coefficient (Wildman–Crippen LogP) is 5.78. The lowest BCUT2D eigenvalue weighted by molar-refractivity contribution is 0.291. The maximum Gasteiger partial charge on any atom is 0.174 e. The molecule has 3 nitrogen and oxygen atoms in total. The molecule has 0 saturated carbocycles. The molecule has 1 aliphatic heterocycles. The number of para-hydroxylation sites is 1. The van der Waals surface area contributed by atoms with Gasteiger partial charge in [0.05, 0.1) is 11.7 Å². The monoisotopic (exact) mass is 431 g/mol. The van der Waals surface area contributed by atoms with Gasteiger partial charge in [-0.2, -0.15) is 0 Å². The van der Waals surface area contributed by atoms with Gasteiger partial charge in [-0.25, -0.2) is 4.39 Å². The van der Waals surface area contributed by atoms with E-state index in [1.807, 2.05) is 0 Å². The number of aromatic amines is 1. The van der Waals surface area contributed by atoms with E-state index in [-0.39, 0.29) is 11.9 Å². The number of fused-ring (bicyclic) bond motifs is 3. The molecular formula is C20H19BrFN3S. The quantitative estimate of drug-likeness (QED) is 0.504. The van der Waals surface area contributed by atoms with Gasteiger partial charge >= 0.3 is 0 Å². The zero-order chi connectivity index (χ0) is 18.3. The van der Waals surface area contributed by atoms with Crippen LogP contribution in [0.3, 0.4) is 0 Å². The number of thiocarbonyl (C=S) groups is 1. The Morgan fingerprint density at radius 2 is 2.15 bits per heavy atom. The number of anilines is 1. The molecule has 3 aromatic rings. The molecule has 4 rings (SSSR count). The molecule has 1 unspecified atom stereocenters. The summed E-state index contributed by atoms with van der Waals surface area (Å²) in [6.07, 6.45) is 1.90. The number of nitrogens with zero attached hydrogens (tertiary/aromatic N) is 1. The van der Waals surface area contributed by atoms with E-state index in [9.17, 15) is 4.39 Å². The standard InChI is InChI=1S/C20H19BrFN3S/c1-2-18-19-14(13-5-3-4-6-16(13)23-19)9-10-25(18)20(26)24-17-8-7-12(22)11-15(17)21/h3-8,11,18,23H,2,9-10H2,1H3,(H,24,26). The summed E-state index contributed by atoms with van der Waals surface area (Å²) in [5.74, 6) is -0.277. The van der Waals surface area contributed by atoms with Crippen molar-refractivity contribution in [1.82, 2.24) is 9.88 Å². The van der Waals surface area contributed by atoms with Gasteiger partial charge in [0, 0.05) is 27.6 Å². The maximum atomic E-state index is 13.3. The van der Waals surface area contributed by atoms with Crippen molar-refractivity contribution >= 4 is 49.9 Å². The third kappa shape index (κ3) is 3.01. The predicted molar refractivity (Wildman–Crippen MR) is 112 cm³/mol. The highest BCUT2D eigenvalue weighted by Gasteiger charge is 2.30. The minimum atomic E-state index is -0.277. The summed E-state index contributed by atoms with van der Waals surface area (Å²) in [5.41, 5.74) is 4.60. The Kier molecular flexibility index (Phi) is 4.71. The van der Waals surface area contributed by atoms with Gasteiger partial charge in [-0.15, -0.1) is 0 Å². The molecule has 0 fully saturated rings. The van der Waals surface area contributed by atoms with E-state index < -0.39 is 0 Å². The molecule has 0 radical (unpaired) electrons.